The van der Waals surface area contributed by atoms with Gasteiger partial charge in [-0.1, -0.05) is 69.6 Å². The quantitative estimate of drug-likeness (QED) is 0.155. The van der Waals surface area contributed by atoms with Crippen LogP contribution in [0.5, 0.6) is 0 Å². The van der Waals surface area contributed by atoms with Crippen molar-refractivity contribution in [3.8, 4) is 0 Å². The van der Waals surface area contributed by atoms with Crippen molar-refractivity contribution in [2.75, 3.05) is 13.2 Å². The molecule has 0 aromatic carbocycles. The third kappa shape index (κ3) is 11.6. The summed E-state index contributed by atoms with van der Waals surface area (Å²) in [4.78, 5) is 20.6. The third-order valence-electron chi connectivity index (χ3n) is 4.28. The van der Waals surface area contributed by atoms with Crippen LogP contribution in [-0.2, 0) is 18.6 Å². The third-order valence-corrected chi connectivity index (χ3v) is 4.99. The van der Waals surface area contributed by atoms with Gasteiger partial charge in [-0.05, 0) is 19.3 Å². The maximum Gasteiger partial charge on any atom is 0.499 e. The van der Waals surface area contributed by atoms with Gasteiger partial charge in [-0.3, -0.25) is 9.32 Å². The van der Waals surface area contributed by atoms with Crippen molar-refractivity contribution in [3.05, 3.63) is 23.8 Å². The van der Waals surface area contributed by atoms with Gasteiger partial charge in [0.15, 0.2) is 0 Å². The maximum atomic E-state index is 11.7. The summed E-state index contributed by atoms with van der Waals surface area (Å²) in [6.45, 7) is 0.860. The highest BCUT2D eigenvalue weighted by molar-refractivity contribution is 7.47. The van der Waals surface area contributed by atoms with Crippen molar-refractivity contribution in [3.63, 3.8) is 0 Å². The molecule has 3 N–H and O–H groups in total. The van der Waals surface area contributed by atoms with Gasteiger partial charge < -0.3 is 10.2 Å². The Bertz CT molecular complexity index is 506. The topological polar surface area (TPSA) is 105 Å². The number of hydrogen-bond donors (Lipinski definition) is 3. The molecule has 0 saturated heterocycles. The zero-order valence-electron chi connectivity index (χ0n) is 15.4. The van der Waals surface area contributed by atoms with Gasteiger partial charge in [-0.25, -0.2) is 9.82 Å². The lowest BCUT2D eigenvalue weighted by Crippen LogP contribution is -2.25. The molecule has 0 bridgehead atoms. The largest absolute Gasteiger partial charge is 0.499 e. The number of allylic oxidation sites excluding steroid dienone is 3. The molecule has 0 aromatic heterocycles. The average Bonchev–Trinajstić information content (AvgIpc) is 3.16. The summed E-state index contributed by atoms with van der Waals surface area (Å²) in [5.74, 6) is 0.0612. The zero-order chi connectivity index (χ0) is 19.1. The fourth-order valence-corrected chi connectivity index (χ4v) is 3.18. The van der Waals surface area contributed by atoms with E-state index in [1.54, 1.807) is 0 Å². The first kappa shape index (κ1) is 23.1. The maximum absolute atomic E-state index is 11.7. The van der Waals surface area contributed by atoms with Gasteiger partial charge >= 0.3 is 7.82 Å². The highest BCUT2D eigenvalue weighted by Gasteiger charge is 2.19. The highest BCUT2D eigenvalue weighted by atomic mass is 31.2. The Kier molecular flexibility index (Phi) is 12.5. The molecule has 1 aliphatic rings. The van der Waals surface area contributed by atoms with Crippen molar-refractivity contribution in [2.45, 2.75) is 70.6 Å². The SMILES string of the molecule is O=C(NCCCCCCCCCCCCOP(=O)(O)OO)C1=CC=CC1. The van der Waals surface area contributed by atoms with Crippen LogP contribution in [0.2, 0.25) is 0 Å². The van der Waals surface area contributed by atoms with Gasteiger partial charge in [-0.2, -0.15) is 0 Å². The summed E-state index contributed by atoms with van der Waals surface area (Å²) in [5.41, 5.74) is 0.851. The fourth-order valence-electron chi connectivity index (χ4n) is 2.78. The Balaban J connectivity index is 1.77. The standard InChI is InChI=1S/C18H32NO6P/c20-18(17-13-9-10-14-17)19-15-11-7-5-3-1-2-4-6-8-12-16-24-26(22,23)25-21/h9-10,13,21H,1-8,11-12,14-16H2,(H,19,20)(H,22,23). The molecule has 8 heteroatoms. The minimum Gasteiger partial charge on any atom is -0.352 e. The second kappa shape index (κ2) is 14.1. The van der Waals surface area contributed by atoms with Crippen LogP contribution in [0.4, 0.5) is 0 Å². The second-order valence-electron chi connectivity index (χ2n) is 6.50. The molecule has 0 aliphatic heterocycles. The van der Waals surface area contributed by atoms with E-state index in [9.17, 15) is 9.36 Å². The minimum atomic E-state index is -4.24. The first-order valence-corrected chi connectivity index (χ1v) is 11.0. The van der Waals surface area contributed by atoms with E-state index in [-0.39, 0.29) is 12.5 Å². The summed E-state index contributed by atoms with van der Waals surface area (Å²) in [7, 11) is -4.24. The first-order valence-electron chi connectivity index (χ1n) is 9.49. The molecule has 7 nitrogen and oxygen atoms in total. The van der Waals surface area contributed by atoms with Gasteiger partial charge in [0.1, 0.15) is 0 Å². The Morgan fingerprint density at radius 2 is 1.62 bits per heavy atom. The summed E-state index contributed by atoms with van der Waals surface area (Å²) in [5, 5.41) is 11.1. The molecule has 0 aromatic rings. The molecule has 1 rings (SSSR count). The van der Waals surface area contributed by atoms with E-state index < -0.39 is 7.82 Å². The number of phosphoric ester groups is 1. The van der Waals surface area contributed by atoms with Crippen molar-refractivity contribution >= 4 is 13.7 Å². The average molecular weight is 389 g/mol. The molecule has 1 unspecified atom stereocenters. The number of unbranched alkanes of at least 4 members (excludes halogenated alkanes) is 9. The normalized spacial score (nSPS) is 15.7. The molecule has 1 aliphatic carbocycles. The summed E-state index contributed by atoms with van der Waals surface area (Å²) in [6.07, 6.45) is 17.3. The van der Waals surface area contributed by atoms with E-state index in [4.69, 9.17) is 10.2 Å². The van der Waals surface area contributed by atoms with Gasteiger partial charge in [0.05, 0.1) is 6.61 Å². The van der Waals surface area contributed by atoms with Crippen molar-refractivity contribution in [1.82, 2.24) is 5.32 Å². The van der Waals surface area contributed by atoms with Gasteiger partial charge in [-0.15, -0.1) is 4.67 Å². The van der Waals surface area contributed by atoms with Crippen LogP contribution in [0, 0.1) is 0 Å². The number of nitrogens with one attached hydrogen (secondary N) is 1. The van der Waals surface area contributed by atoms with Gasteiger partial charge in [0.25, 0.3) is 0 Å². The molecule has 0 heterocycles. The van der Waals surface area contributed by atoms with Crippen LogP contribution < -0.4 is 5.32 Å². The molecule has 1 amide bonds. The van der Waals surface area contributed by atoms with Gasteiger partial charge in [0, 0.05) is 12.1 Å². The minimum absolute atomic E-state index is 0.0612. The molecule has 26 heavy (non-hydrogen) atoms. The lowest BCUT2D eigenvalue weighted by molar-refractivity contribution is -0.162. The fraction of sp³-hybridized carbons (Fsp3) is 0.722. The van der Waals surface area contributed by atoms with E-state index in [1.807, 2.05) is 18.2 Å². The summed E-state index contributed by atoms with van der Waals surface area (Å²) >= 11 is 0. The van der Waals surface area contributed by atoms with Crippen LogP contribution in [0.1, 0.15) is 70.6 Å². The first-order chi connectivity index (χ1) is 12.5. The molecule has 0 fully saturated rings. The predicted octanol–water partition coefficient (Wildman–Crippen LogP) is 4.50. The zero-order valence-corrected chi connectivity index (χ0v) is 16.3. The van der Waals surface area contributed by atoms with Crippen LogP contribution in [0.3, 0.4) is 0 Å². The van der Waals surface area contributed by atoms with Crippen LogP contribution in [-0.4, -0.2) is 29.2 Å². The van der Waals surface area contributed by atoms with Gasteiger partial charge in [0.2, 0.25) is 5.91 Å². The van der Waals surface area contributed by atoms with Crippen molar-refractivity contribution < 1.29 is 28.7 Å². The second-order valence-corrected chi connectivity index (χ2v) is 7.86. The Labute approximate surface area is 156 Å². The van der Waals surface area contributed by atoms with Crippen molar-refractivity contribution in [2.24, 2.45) is 0 Å². The Morgan fingerprint density at radius 1 is 1.04 bits per heavy atom. The molecule has 1 atom stereocenters. The van der Waals surface area contributed by atoms with E-state index in [0.29, 0.717) is 6.42 Å². The van der Waals surface area contributed by atoms with E-state index in [1.165, 1.54) is 25.7 Å². The number of carbonyl (C=O) groups excluding carboxylic acids is 1. The van der Waals surface area contributed by atoms with Crippen LogP contribution in [0.15, 0.2) is 23.8 Å². The Hall–Kier alpha value is -0.980. The molecule has 0 saturated carbocycles. The van der Waals surface area contributed by atoms with Crippen molar-refractivity contribution in [1.29, 1.82) is 0 Å². The summed E-state index contributed by atoms with van der Waals surface area (Å²) in [6, 6.07) is 0. The summed E-state index contributed by atoms with van der Waals surface area (Å²) < 4.78 is 18.7. The number of phosphoric acid groups is 1. The smallest absolute Gasteiger partial charge is 0.352 e. The lowest BCUT2D eigenvalue weighted by atomic mass is 10.1. The van der Waals surface area contributed by atoms with E-state index >= 15 is 0 Å². The monoisotopic (exact) mass is 389 g/mol. The highest BCUT2D eigenvalue weighted by Crippen LogP contribution is 2.41. The van der Waals surface area contributed by atoms with Crippen LogP contribution in [0.25, 0.3) is 0 Å². The number of carbonyl (C=O) groups is 1. The molecular formula is C18H32NO6P. The molecule has 0 spiro atoms. The molecule has 150 valence electrons. The van der Waals surface area contributed by atoms with Crippen LogP contribution >= 0.6 is 7.82 Å². The van der Waals surface area contributed by atoms with E-state index in [2.05, 4.69) is 14.5 Å². The number of amides is 1. The Morgan fingerprint density at radius 3 is 2.15 bits per heavy atom. The lowest BCUT2D eigenvalue weighted by Gasteiger charge is -2.07. The number of hydrogen-bond acceptors (Lipinski definition) is 5. The van der Waals surface area contributed by atoms with E-state index in [0.717, 1.165) is 50.6 Å². The number of rotatable bonds is 16. The molecule has 0 radical (unpaired) electrons. The molecular weight excluding hydrogens is 357 g/mol. The predicted molar refractivity (Wildman–Crippen MR) is 101 cm³/mol.